The van der Waals surface area contributed by atoms with Crippen molar-refractivity contribution in [2.24, 2.45) is 0 Å². The molecule has 0 fully saturated rings. The van der Waals surface area contributed by atoms with Gasteiger partial charge in [0.05, 0.1) is 6.61 Å². The highest BCUT2D eigenvalue weighted by Crippen LogP contribution is 2.06. The van der Waals surface area contributed by atoms with Crippen molar-refractivity contribution in [2.75, 3.05) is 27.6 Å². The Hall–Kier alpha value is -0.945. The predicted octanol–water partition coefficient (Wildman–Crippen LogP) is 2.10. The third-order valence-electron chi connectivity index (χ3n) is 2.80. The fourth-order valence-corrected chi connectivity index (χ4v) is 1.78. The molecule has 20 heavy (non-hydrogen) atoms. The fraction of sp³-hybridized carbons (Fsp3) is 0.571. The Morgan fingerprint density at radius 2 is 2.05 bits per heavy atom. The lowest BCUT2D eigenvalue weighted by molar-refractivity contribution is -0.0389. The molecule has 0 aliphatic carbocycles. The van der Waals surface area contributed by atoms with E-state index in [-0.39, 0.29) is 19.2 Å². The molecule has 0 aromatic heterocycles. The van der Waals surface area contributed by atoms with Crippen molar-refractivity contribution < 1.29 is 23.2 Å². The molecule has 0 radical (unpaired) electrons. The minimum Gasteiger partial charge on any atom is -0.410 e. The van der Waals surface area contributed by atoms with Crippen LogP contribution in [0.4, 0.5) is 4.39 Å². The van der Waals surface area contributed by atoms with Crippen LogP contribution in [0, 0.1) is 5.82 Å². The van der Waals surface area contributed by atoms with Crippen molar-refractivity contribution in [2.45, 2.75) is 26.4 Å². The first-order chi connectivity index (χ1) is 9.72. The molecule has 1 aromatic carbocycles. The Bertz CT molecular complexity index is 389. The SMILES string of the molecule is CCCCOB(OC)c1ccc(F)cc1COCOC. The molecule has 0 aliphatic rings. The summed E-state index contributed by atoms with van der Waals surface area (Å²) < 4.78 is 34.5. The van der Waals surface area contributed by atoms with Crippen LogP contribution in [0.15, 0.2) is 18.2 Å². The first-order valence-corrected chi connectivity index (χ1v) is 6.72. The Balaban J connectivity index is 2.78. The highest BCUT2D eigenvalue weighted by atomic mass is 19.1. The zero-order valence-corrected chi connectivity index (χ0v) is 12.4. The molecule has 0 amide bonds. The first-order valence-electron chi connectivity index (χ1n) is 6.72. The average molecular weight is 284 g/mol. The van der Waals surface area contributed by atoms with E-state index in [1.54, 1.807) is 13.2 Å². The molecule has 1 aromatic rings. The van der Waals surface area contributed by atoms with Gasteiger partial charge in [-0.25, -0.2) is 4.39 Å². The lowest BCUT2D eigenvalue weighted by atomic mass is 9.75. The molecule has 0 unspecified atom stereocenters. The predicted molar refractivity (Wildman–Crippen MR) is 76.3 cm³/mol. The maximum atomic E-state index is 13.4. The molecule has 0 heterocycles. The molecule has 0 aliphatic heterocycles. The van der Waals surface area contributed by atoms with Crippen molar-refractivity contribution in [1.29, 1.82) is 0 Å². The monoisotopic (exact) mass is 284 g/mol. The summed E-state index contributed by atoms with van der Waals surface area (Å²) in [6.45, 7) is 3.10. The maximum absolute atomic E-state index is 13.4. The van der Waals surface area contributed by atoms with Gasteiger partial charge in [0, 0.05) is 20.8 Å². The van der Waals surface area contributed by atoms with Crippen molar-refractivity contribution in [3.8, 4) is 0 Å². The van der Waals surface area contributed by atoms with E-state index in [2.05, 4.69) is 6.92 Å². The second kappa shape index (κ2) is 9.88. The number of hydrogen-bond acceptors (Lipinski definition) is 4. The molecule has 6 heteroatoms. The highest BCUT2D eigenvalue weighted by Gasteiger charge is 2.23. The van der Waals surface area contributed by atoms with Gasteiger partial charge in [-0.3, -0.25) is 0 Å². The van der Waals surface area contributed by atoms with Gasteiger partial charge in [-0.05, 0) is 29.6 Å². The van der Waals surface area contributed by atoms with Gasteiger partial charge in [0.15, 0.2) is 0 Å². The summed E-state index contributed by atoms with van der Waals surface area (Å²) in [7, 11) is 2.60. The molecule has 0 bridgehead atoms. The summed E-state index contributed by atoms with van der Waals surface area (Å²) in [6, 6.07) is 4.49. The van der Waals surface area contributed by atoms with Crippen molar-refractivity contribution in [3.63, 3.8) is 0 Å². The molecule has 112 valence electrons. The number of ether oxygens (including phenoxy) is 2. The van der Waals surface area contributed by atoms with Gasteiger partial charge >= 0.3 is 7.12 Å². The molecule has 0 N–H and O–H groups in total. The van der Waals surface area contributed by atoms with Crippen LogP contribution in [0.5, 0.6) is 0 Å². The normalized spacial score (nSPS) is 10.8. The van der Waals surface area contributed by atoms with E-state index in [4.69, 9.17) is 18.8 Å². The smallest absolute Gasteiger partial charge is 0.410 e. The summed E-state index contributed by atoms with van der Waals surface area (Å²) in [4.78, 5) is 0. The number of rotatable bonds is 10. The van der Waals surface area contributed by atoms with Gasteiger partial charge in [0.1, 0.15) is 12.6 Å². The van der Waals surface area contributed by atoms with Gasteiger partial charge in [-0.2, -0.15) is 0 Å². The zero-order valence-electron chi connectivity index (χ0n) is 12.4. The Morgan fingerprint density at radius 3 is 2.70 bits per heavy atom. The van der Waals surface area contributed by atoms with E-state index < -0.39 is 7.12 Å². The lowest BCUT2D eigenvalue weighted by Gasteiger charge is -2.16. The van der Waals surface area contributed by atoms with Crippen molar-refractivity contribution in [3.05, 3.63) is 29.6 Å². The molecule has 1 rings (SSSR count). The van der Waals surface area contributed by atoms with E-state index in [0.29, 0.717) is 12.2 Å². The quantitative estimate of drug-likeness (QED) is 0.374. The fourth-order valence-electron chi connectivity index (χ4n) is 1.78. The minimum absolute atomic E-state index is 0.157. The average Bonchev–Trinajstić information content (AvgIpc) is 2.45. The van der Waals surface area contributed by atoms with Crippen LogP contribution in [0.3, 0.4) is 0 Å². The number of benzene rings is 1. The number of hydrogen-bond donors (Lipinski definition) is 0. The molecule has 0 saturated carbocycles. The molecular formula is C14H22BFO4. The summed E-state index contributed by atoms with van der Waals surface area (Å²) in [5, 5.41) is 0. The molecule has 4 nitrogen and oxygen atoms in total. The Kier molecular flexibility index (Phi) is 8.45. The Labute approximate surface area is 120 Å². The molecular weight excluding hydrogens is 262 g/mol. The summed E-state index contributed by atoms with van der Waals surface area (Å²) in [5.74, 6) is -0.312. The van der Waals surface area contributed by atoms with Gasteiger partial charge in [-0.1, -0.05) is 19.4 Å². The lowest BCUT2D eigenvalue weighted by Crippen LogP contribution is -2.39. The third kappa shape index (κ3) is 5.59. The van der Waals surface area contributed by atoms with E-state index in [1.165, 1.54) is 19.2 Å². The number of unbranched alkanes of at least 4 members (excludes halogenated alkanes) is 1. The van der Waals surface area contributed by atoms with E-state index in [9.17, 15) is 4.39 Å². The van der Waals surface area contributed by atoms with Crippen molar-refractivity contribution >= 4 is 12.6 Å². The topological polar surface area (TPSA) is 36.9 Å². The van der Waals surface area contributed by atoms with Crippen molar-refractivity contribution in [1.82, 2.24) is 0 Å². The first kappa shape index (κ1) is 17.1. The second-order valence-corrected chi connectivity index (χ2v) is 4.39. The van der Waals surface area contributed by atoms with Crippen LogP contribution in [0.1, 0.15) is 25.3 Å². The van der Waals surface area contributed by atoms with Crippen LogP contribution in [0.2, 0.25) is 0 Å². The van der Waals surface area contributed by atoms with E-state index in [1.807, 2.05) is 0 Å². The standard InChI is InChI=1S/C14H22BFO4/c1-4-5-8-20-15(18-3)14-7-6-13(16)9-12(14)10-19-11-17-2/h6-7,9H,4-5,8,10-11H2,1-3H3. The van der Waals surface area contributed by atoms with Gasteiger partial charge in [0.2, 0.25) is 0 Å². The van der Waals surface area contributed by atoms with Crippen LogP contribution >= 0.6 is 0 Å². The summed E-state index contributed by atoms with van der Waals surface area (Å²) >= 11 is 0. The summed E-state index contributed by atoms with van der Waals surface area (Å²) in [6.07, 6.45) is 2.00. The van der Waals surface area contributed by atoms with Crippen LogP contribution in [-0.2, 0) is 25.4 Å². The van der Waals surface area contributed by atoms with Crippen LogP contribution < -0.4 is 5.46 Å². The van der Waals surface area contributed by atoms with Gasteiger partial charge in [0.25, 0.3) is 0 Å². The Morgan fingerprint density at radius 1 is 1.25 bits per heavy atom. The summed E-state index contributed by atoms with van der Waals surface area (Å²) in [5.41, 5.74) is 1.48. The zero-order chi connectivity index (χ0) is 14.8. The minimum atomic E-state index is -0.511. The van der Waals surface area contributed by atoms with E-state index in [0.717, 1.165) is 18.3 Å². The number of halogens is 1. The molecule has 0 saturated heterocycles. The molecule has 0 atom stereocenters. The third-order valence-corrected chi connectivity index (χ3v) is 2.80. The maximum Gasteiger partial charge on any atom is 0.494 e. The molecule has 0 spiro atoms. The van der Waals surface area contributed by atoms with Crippen LogP contribution in [-0.4, -0.2) is 34.7 Å². The van der Waals surface area contributed by atoms with Gasteiger partial charge in [-0.15, -0.1) is 0 Å². The number of methoxy groups -OCH3 is 1. The second-order valence-electron chi connectivity index (χ2n) is 4.39. The van der Waals surface area contributed by atoms with Gasteiger partial charge < -0.3 is 18.8 Å². The largest absolute Gasteiger partial charge is 0.494 e. The highest BCUT2D eigenvalue weighted by molar-refractivity contribution is 6.61. The van der Waals surface area contributed by atoms with E-state index >= 15 is 0 Å². The van der Waals surface area contributed by atoms with Crippen LogP contribution in [0.25, 0.3) is 0 Å².